The van der Waals surface area contributed by atoms with Gasteiger partial charge in [0.1, 0.15) is 5.75 Å². The Bertz CT molecular complexity index is 733. The molecule has 0 aliphatic rings. The van der Waals surface area contributed by atoms with Gasteiger partial charge in [0, 0.05) is 18.7 Å². The number of fused-ring (bicyclic) bond motifs is 1. The molecule has 0 bridgehead atoms. The zero-order chi connectivity index (χ0) is 13.9. The number of hydrogen-bond donors (Lipinski definition) is 1. The molecule has 20 heavy (non-hydrogen) atoms. The van der Waals surface area contributed by atoms with Crippen molar-refractivity contribution in [2.45, 2.75) is 13.1 Å². The maximum absolute atomic E-state index is 5.76. The third kappa shape index (κ3) is 2.26. The Morgan fingerprint density at radius 1 is 1.20 bits per heavy atom. The summed E-state index contributed by atoms with van der Waals surface area (Å²) in [5.74, 6) is 0.840. The Hall–Kier alpha value is -2.33. The Morgan fingerprint density at radius 3 is 2.85 bits per heavy atom. The molecule has 3 aromatic rings. The van der Waals surface area contributed by atoms with Crippen molar-refractivity contribution in [3.63, 3.8) is 0 Å². The average Bonchev–Trinajstić information content (AvgIpc) is 2.90. The molecule has 2 N–H and O–H groups in total. The minimum absolute atomic E-state index is 0.474. The summed E-state index contributed by atoms with van der Waals surface area (Å²) in [5.41, 5.74) is 10.1. The van der Waals surface area contributed by atoms with Crippen molar-refractivity contribution in [2.75, 3.05) is 7.11 Å². The van der Waals surface area contributed by atoms with E-state index in [0.717, 1.165) is 28.9 Å². The third-order valence-corrected chi connectivity index (χ3v) is 3.45. The zero-order valence-corrected chi connectivity index (χ0v) is 11.4. The van der Waals surface area contributed by atoms with Crippen LogP contribution in [-0.4, -0.2) is 16.7 Å². The smallest absolute Gasteiger partial charge is 0.123 e. The first-order valence-electron chi connectivity index (χ1n) is 6.57. The lowest BCUT2D eigenvalue weighted by Gasteiger charge is -2.10. The number of rotatable bonds is 4. The normalized spacial score (nSPS) is 10.9. The maximum atomic E-state index is 5.76. The van der Waals surface area contributed by atoms with Gasteiger partial charge in [0.15, 0.2) is 0 Å². The monoisotopic (exact) mass is 267 g/mol. The number of aromatic nitrogens is 2. The van der Waals surface area contributed by atoms with Crippen molar-refractivity contribution in [1.82, 2.24) is 9.55 Å². The van der Waals surface area contributed by atoms with E-state index in [1.807, 2.05) is 30.6 Å². The number of hydrogen-bond acceptors (Lipinski definition) is 3. The van der Waals surface area contributed by atoms with Gasteiger partial charge < -0.3 is 15.0 Å². The predicted octanol–water partition coefficient (Wildman–Crippen LogP) is 2.55. The first kappa shape index (κ1) is 12.7. The fraction of sp³-hybridized carbons (Fsp3) is 0.188. The fourth-order valence-electron chi connectivity index (χ4n) is 2.42. The van der Waals surface area contributed by atoms with Crippen molar-refractivity contribution < 1.29 is 4.74 Å². The molecule has 0 amide bonds. The number of nitrogens with two attached hydrogens (primary N) is 1. The van der Waals surface area contributed by atoms with Gasteiger partial charge in [-0.2, -0.15) is 0 Å². The van der Waals surface area contributed by atoms with Crippen molar-refractivity contribution in [3.05, 3.63) is 59.9 Å². The van der Waals surface area contributed by atoms with Crippen LogP contribution in [0.25, 0.3) is 11.0 Å². The van der Waals surface area contributed by atoms with Crippen LogP contribution in [0.3, 0.4) is 0 Å². The van der Waals surface area contributed by atoms with E-state index in [-0.39, 0.29) is 0 Å². The second-order valence-electron chi connectivity index (χ2n) is 4.71. The van der Waals surface area contributed by atoms with Crippen LogP contribution < -0.4 is 10.5 Å². The van der Waals surface area contributed by atoms with Crippen LogP contribution >= 0.6 is 0 Å². The lowest BCUT2D eigenvalue weighted by atomic mass is 10.1. The number of benzene rings is 2. The number of imidazole rings is 1. The molecule has 0 unspecified atom stereocenters. The van der Waals surface area contributed by atoms with E-state index in [2.05, 4.69) is 27.8 Å². The van der Waals surface area contributed by atoms with Gasteiger partial charge in [-0.3, -0.25) is 0 Å². The second kappa shape index (κ2) is 5.35. The fourth-order valence-corrected chi connectivity index (χ4v) is 2.42. The highest BCUT2D eigenvalue weighted by Gasteiger charge is 2.05. The molecule has 0 atom stereocenters. The number of nitrogens with zero attached hydrogens (tertiary/aromatic N) is 2. The minimum atomic E-state index is 0.474. The van der Waals surface area contributed by atoms with Crippen molar-refractivity contribution in [1.29, 1.82) is 0 Å². The first-order valence-corrected chi connectivity index (χ1v) is 6.57. The lowest BCUT2D eigenvalue weighted by Crippen LogP contribution is -2.03. The molecule has 2 aromatic carbocycles. The molecule has 0 spiro atoms. The van der Waals surface area contributed by atoms with Gasteiger partial charge in [-0.05, 0) is 29.8 Å². The molecule has 0 saturated carbocycles. The number of para-hydroxylation sites is 2. The highest BCUT2D eigenvalue weighted by Crippen LogP contribution is 2.21. The van der Waals surface area contributed by atoms with Crippen molar-refractivity contribution >= 4 is 11.0 Å². The van der Waals surface area contributed by atoms with Gasteiger partial charge in [0.2, 0.25) is 0 Å². The van der Waals surface area contributed by atoms with E-state index in [0.29, 0.717) is 6.54 Å². The van der Waals surface area contributed by atoms with Crippen LogP contribution in [0.4, 0.5) is 0 Å². The summed E-state index contributed by atoms with van der Waals surface area (Å²) in [5, 5.41) is 0. The summed E-state index contributed by atoms with van der Waals surface area (Å²) < 4.78 is 7.43. The largest absolute Gasteiger partial charge is 0.496 e. The highest BCUT2D eigenvalue weighted by atomic mass is 16.5. The van der Waals surface area contributed by atoms with E-state index in [4.69, 9.17) is 10.5 Å². The summed E-state index contributed by atoms with van der Waals surface area (Å²) in [7, 11) is 1.66. The van der Waals surface area contributed by atoms with Gasteiger partial charge in [0.05, 0.1) is 24.5 Å². The second-order valence-corrected chi connectivity index (χ2v) is 4.71. The Kier molecular flexibility index (Phi) is 3.39. The lowest BCUT2D eigenvalue weighted by molar-refractivity contribution is 0.409. The summed E-state index contributed by atoms with van der Waals surface area (Å²) in [6, 6.07) is 14.2. The molecule has 102 valence electrons. The predicted molar refractivity (Wildman–Crippen MR) is 79.7 cm³/mol. The minimum Gasteiger partial charge on any atom is -0.496 e. The number of ether oxygens (including phenoxy) is 1. The molecule has 4 heteroatoms. The highest BCUT2D eigenvalue weighted by molar-refractivity contribution is 5.75. The molecule has 3 rings (SSSR count). The molecule has 0 radical (unpaired) electrons. The van der Waals surface area contributed by atoms with E-state index in [9.17, 15) is 0 Å². The van der Waals surface area contributed by atoms with Crippen LogP contribution in [0.2, 0.25) is 0 Å². The zero-order valence-electron chi connectivity index (χ0n) is 11.4. The first-order chi connectivity index (χ1) is 9.81. The molecule has 0 aliphatic heterocycles. The van der Waals surface area contributed by atoms with Gasteiger partial charge in [-0.25, -0.2) is 4.98 Å². The average molecular weight is 267 g/mol. The molecular formula is C16H17N3O. The SMILES string of the molecule is COc1ccc(Cn2cnc3ccccc32)cc1CN. The molecule has 0 fully saturated rings. The molecule has 1 heterocycles. The van der Waals surface area contributed by atoms with Crippen molar-refractivity contribution in [2.24, 2.45) is 5.73 Å². The van der Waals surface area contributed by atoms with Crippen LogP contribution in [0, 0.1) is 0 Å². The quantitative estimate of drug-likeness (QED) is 0.790. The molecule has 4 nitrogen and oxygen atoms in total. The van der Waals surface area contributed by atoms with Crippen LogP contribution in [0.15, 0.2) is 48.8 Å². The molecular weight excluding hydrogens is 250 g/mol. The van der Waals surface area contributed by atoms with E-state index >= 15 is 0 Å². The van der Waals surface area contributed by atoms with Crippen LogP contribution in [0.1, 0.15) is 11.1 Å². The van der Waals surface area contributed by atoms with E-state index in [1.165, 1.54) is 5.56 Å². The van der Waals surface area contributed by atoms with Crippen LogP contribution in [-0.2, 0) is 13.1 Å². The van der Waals surface area contributed by atoms with E-state index < -0.39 is 0 Å². The van der Waals surface area contributed by atoms with Gasteiger partial charge >= 0.3 is 0 Å². The standard InChI is InChI=1S/C16H17N3O/c1-20-16-7-6-12(8-13(16)9-17)10-19-11-18-14-4-2-3-5-15(14)19/h2-8,11H,9-10,17H2,1H3. The van der Waals surface area contributed by atoms with Crippen LogP contribution in [0.5, 0.6) is 5.75 Å². The van der Waals surface area contributed by atoms with E-state index in [1.54, 1.807) is 7.11 Å². The molecule has 0 saturated heterocycles. The Labute approximate surface area is 117 Å². The topological polar surface area (TPSA) is 53.1 Å². The molecule has 1 aromatic heterocycles. The van der Waals surface area contributed by atoms with Gasteiger partial charge in [-0.15, -0.1) is 0 Å². The summed E-state index contributed by atoms with van der Waals surface area (Å²) in [6.45, 7) is 1.25. The summed E-state index contributed by atoms with van der Waals surface area (Å²) in [6.07, 6.45) is 1.87. The van der Waals surface area contributed by atoms with Gasteiger partial charge in [0.25, 0.3) is 0 Å². The van der Waals surface area contributed by atoms with Gasteiger partial charge in [-0.1, -0.05) is 18.2 Å². The summed E-state index contributed by atoms with van der Waals surface area (Å²) >= 11 is 0. The number of methoxy groups -OCH3 is 1. The molecule has 0 aliphatic carbocycles. The Balaban J connectivity index is 1.95. The third-order valence-electron chi connectivity index (χ3n) is 3.45. The Morgan fingerprint density at radius 2 is 2.05 bits per heavy atom. The summed E-state index contributed by atoms with van der Waals surface area (Å²) in [4.78, 5) is 4.40. The maximum Gasteiger partial charge on any atom is 0.123 e. The van der Waals surface area contributed by atoms with Crippen molar-refractivity contribution in [3.8, 4) is 5.75 Å².